The molecule has 1 N–H and O–H groups in total. The molecule has 5 atom stereocenters. The Morgan fingerprint density at radius 3 is 2.65 bits per heavy atom. The maximum atomic E-state index is 15.9. The summed E-state index contributed by atoms with van der Waals surface area (Å²) in [7, 11) is -1.48. The standard InChI is InChI=1S/C27H32BrFN4O3Si/c1-16-13-19-23(20(28)14-16)32(3)26(35)27(19)17(2)25(37(4,5)29)22(36-27)11-12-33-15-21(30-31-33)24(34)18-9-7-6-8-10-18/h6-10,13-15,17,22,24-25,34H,11-12H2,1-5H3/t17-,22+,24-,25-,27+/m1/s1. The summed E-state index contributed by atoms with van der Waals surface area (Å²) < 4.78 is 25.1. The second kappa shape index (κ2) is 9.41. The number of rotatable bonds is 6. The molecular weight excluding hydrogens is 555 g/mol. The number of ether oxygens (including phenoxy) is 1. The molecule has 1 spiro atoms. The molecule has 37 heavy (non-hydrogen) atoms. The van der Waals surface area contributed by atoms with Gasteiger partial charge in [-0.15, -0.1) is 5.10 Å². The molecule has 0 aliphatic carbocycles. The van der Waals surface area contributed by atoms with Gasteiger partial charge in [-0.25, -0.2) is 0 Å². The zero-order valence-corrected chi connectivity index (χ0v) is 24.2. The van der Waals surface area contributed by atoms with Crippen LogP contribution in [0, 0.1) is 12.8 Å². The summed E-state index contributed by atoms with van der Waals surface area (Å²) in [6, 6.07) is 13.3. The van der Waals surface area contributed by atoms with Gasteiger partial charge in [0, 0.05) is 35.1 Å². The summed E-state index contributed by atoms with van der Waals surface area (Å²) in [5.74, 6) is -0.485. The van der Waals surface area contributed by atoms with E-state index in [0.29, 0.717) is 18.7 Å². The van der Waals surface area contributed by atoms with Gasteiger partial charge in [-0.3, -0.25) is 9.48 Å². The Morgan fingerprint density at radius 2 is 1.97 bits per heavy atom. The van der Waals surface area contributed by atoms with Gasteiger partial charge in [0.15, 0.2) is 5.60 Å². The number of aliphatic hydroxyl groups excluding tert-OH is 1. The van der Waals surface area contributed by atoms with Crippen LogP contribution in [0.3, 0.4) is 0 Å². The summed E-state index contributed by atoms with van der Waals surface area (Å²) in [6.07, 6.45) is 0.843. The van der Waals surface area contributed by atoms with Crippen LogP contribution in [-0.2, 0) is 21.7 Å². The van der Waals surface area contributed by atoms with Gasteiger partial charge in [0.2, 0.25) is 8.41 Å². The zero-order chi connectivity index (χ0) is 26.7. The number of hydrogen-bond donors (Lipinski definition) is 1. The number of amides is 1. The van der Waals surface area contributed by atoms with Gasteiger partial charge in [-0.05, 0) is 59.6 Å². The van der Waals surface area contributed by atoms with Crippen LogP contribution in [0.25, 0.3) is 0 Å². The Bertz CT molecular complexity index is 1330. The Balaban J connectivity index is 1.43. The lowest BCUT2D eigenvalue weighted by molar-refractivity contribution is -0.145. The molecule has 1 amide bonds. The SMILES string of the molecule is Cc1cc(Br)c2c(c1)[C@]1(O[C@@H](CCn3cc([C@H](O)c4ccccc4)nn3)[C@H]([Si](C)(C)F)[C@H]1C)C(=O)N2C. The van der Waals surface area contributed by atoms with Crippen molar-refractivity contribution in [3.63, 3.8) is 0 Å². The molecule has 5 rings (SSSR count). The minimum absolute atomic E-state index is 0.152. The van der Waals surface area contributed by atoms with E-state index in [0.717, 1.165) is 26.9 Å². The summed E-state index contributed by atoms with van der Waals surface area (Å²) in [6.45, 7) is 7.76. The smallest absolute Gasteiger partial charge is 0.264 e. The van der Waals surface area contributed by atoms with Gasteiger partial charge in [0.25, 0.3) is 5.91 Å². The maximum Gasteiger partial charge on any atom is 0.264 e. The molecule has 1 saturated heterocycles. The first kappa shape index (κ1) is 26.2. The molecule has 3 heterocycles. The number of carbonyl (C=O) groups excluding carboxylic acids is 1. The van der Waals surface area contributed by atoms with Gasteiger partial charge in [0.05, 0.1) is 18.0 Å². The Morgan fingerprint density at radius 1 is 1.27 bits per heavy atom. The minimum Gasteiger partial charge on any atom is -0.382 e. The second-order valence-corrected chi connectivity index (χ2v) is 15.4. The molecule has 0 bridgehead atoms. The first-order chi connectivity index (χ1) is 17.4. The summed E-state index contributed by atoms with van der Waals surface area (Å²) in [4.78, 5) is 15.4. The first-order valence-electron chi connectivity index (χ1n) is 12.5. The van der Waals surface area contributed by atoms with Crippen LogP contribution in [0.15, 0.2) is 53.1 Å². The van der Waals surface area contributed by atoms with Crippen LogP contribution in [0.1, 0.15) is 41.8 Å². The molecule has 0 unspecified atom stereocenters. The number of likely N-dealkylation sites (N-methyl/N-ethyl adjacent to an activating group) is 1. The second-order valence-electron chi connectivity index (χ2n) is 10.8. The highest BCUT2D eigenvalue weighted by molar-refractivity contribution is 9.10. The van der Waals surface area contributed by atoms with E-state index in [1.165, 1.54) is 0 Å². The maximum absolute atomic E-state index is 15.9. The van der Waals surface area contributed by atoms with E-state index in [1.54, 1.807) is 35.9 Å². The van der Waals surface area contributed by atoms with Crippen molar-refractivity contribution in [3.05, 3.63) is 75.5 Å². The first-order valence-corrected chi connectivity index (χ1v) is 16.3. The predicted octanol–water partition coefficient (Wildman–Crippen LogP) is 5.27. The topological polar surface area (TPSA) is 80.5 Å². The third-order valence-corrected chi connectivity index (χ3v) is 10.9. The molecule has 2 aliphatic rings. The molecule has 1 aromatic heterocycles. The quantitative estimate of drug-likeness (QED) is 0.314. The van der Waals surface area contributed by atoms with Crippen LogP contribution in [0.2, 0.25) is 18.6 Å². The number of hydrogen-bond acceptors (Lipinski definition) is 5. The molecule has 196 valence electrons. The highest BCUT2D eigenvalue weighted by atomic mass is 79.9. The van der Waals surface area contributed by atoms with E-state index in [9.17, 15) is 9.90 Å². The number of carbonyl (C=O) groups is 1. The monoisotopic (exact) mass is 586 g/mol. The van der Waals surface area contributed by atoms with Gasteiger partial charge in [-0.1, -0.05) is 48.5 Å². The van der Waals surface area contributed by atoms with Crippen LogP contribution in [0.5, 0.6) is 0 Å². The molecule has 2 aliphatic heterocycles. The van der Waals surface area contributed by atoms with Crippen molar-refractivity contribution in [1.82, 2.24) is 15.0 Å². The lowest BCUT2D eigenvalue weighted by atomic mass is 9.82. The van der Waals surface area contributed by atoms with Gasteiger partial charge in [0.1, 0.15) is 11.8 Å². The van der Waals surface area contributed by atoms with Crippen LogP contribution < -0.4 is 4.90 Å². The molecule has 10 heteroatoms. The number of fused-ring (bicyclic) bond motifs is 2. The third-order valence-electron chi connectivity index (χ3n) is 7.87. The minimum atomic E-state index is -3.23. The molecule has 3 aromatic rings. The number of aliphatic hydroxyl groups is 1. The number of aryl methyl sites for hydroxylation is 2. The Hall–Kier alpha value is -2.40. The average molecular weight is 588 g/mol. The summed E-state index contributed by atoms with van der Waals surface area (Å²) >= 11 is 3.62. The number of nitrogens with zero attached hydrogens (tertiary/aromatic N) is 4. The van der Waals surface area contributed by atoms with Crippen molar-refractivity contribution >= 4 is 35.9 Å². The Labute approximate surface area is 225 Å². The van der Waals surface area contributed by atoms with Crippen LogP contribution in [0.4, 0.5) is 9.80 Å². The number of aromatic nitrogens is 3. The largest absolute Gasteiger partial charge is 0.382 e. The highest BCUT2D eigenvalue weighted by Gasteiger charge is 2.66. The fraction of sp³-hybridized carbons (Fsp3) is 0.444. The van der Waals surface area contributed by atoms with E-state index in [4.69, 9.17) is 4.74 Å². The van der Waals surface area contributed by atoms with E-state index in [2.05, 4.69) is 26.2 Å². The van der Waals surface area contributed by atoms with E-state index < -0.39 is 26.2 Å². The third kappa shape index (κ3) is 4.27. The highest BCUT2D eigenvalue weighted by Crippen LogP contribution is 2.61. The van der Waals surface area contributed by atoms with Crippen LogP contribution in [-0.4, -0.2) is 47.6 Å². The normalized spacial score (nSPS) is 26.2. The van der Waals surface area contributed by atoms with Crippen LogP contribution >= 0.6 is 15.9 Å². The molecule has 0 saturated carbocycles. The Kier molecular flexibility index (Phi) is 6.67. The molecule has 2 aromatic carbocycles. The van der Waals surface area contributed by atoms with E-state index in [-0.39, 0.29) is 17.4 Å². The van der Waals surface area contributed by atoms with Crippen molar-refractivity contribution in [3.8, 4) is 0 Å². The molecular formula is C27H32BrFN4O3Si. The molecule has 1 fully saturated rings. The van der Waals surface area contributed by atoms with E-state index in [1.807, 2.05) is 56.3 Å². The van der Waals surface area contributed by atoms with Crippen molar-refractivity contribution in [1.29, 1.82) is 0 Å². The number of anilines is 1. The van der Waals surface area contributed by atoms with Crippen molar-refractivity contribution < 1.29 is 18.7 Å². The average Bonchev–Trinajstić information content (AvgIpc) is 3.49. The van der Waals surface area contributed by atoms with Crippen molar-refractivity contribution in [2.75, 3.05) is 11.9 Å². The van der Waals surface area contributed by atoms with Crippen molar-refractivity contribution in [2.45, 2.75) is 63.3 Å². The van der Waals surface area contributed by atoms with Gasteiger partial charge < -0.3 is 18.9 Å². The number of benzene rings is 2. The van der Waals surface area contributed by atoms with Gasteiger partial charge >= 0.3 is 0 Å². The lowest BCUT2D eigenvalue weighted by Gasteiger charge is -2.31. The zero-order valence-electron chi connectivity index (χ0n) is 21.7. The summed E-state index contributed by atoms with van der Waals surface area (Å²) in [5, 5.41) is 19.0. The lowest BCUT2D eigenvalue weighted by Crippen LogP contribution is -2.44. The van der Waals surface area contributed by atoms with Crippen molar-refractivity contribution in [2.24, 2.45) is 5.92 Å². The fourth-order valence-electron chi connectivity index (χ4n) is 6.26. The van der Waals surface area contributed by atoms with E-state index >= 15 is 4.11 Å². The van der Waals surface area contributed by atoms with Gasteiger partial charge in [-0.2, -0.15) is 0 Å². The predicted molar refractivity (Wildman–Crippen MR) is 145 cm³/mol. The molecule has 0 radical (unpaired) electrons. The number of halogens is 2. The molecule has 7 nitrogen and oxygen atoms in total. The summed E-state index contributed by atoms with van der Waals surface area (Å²) in [5.41, 5.74) is 2.18. The fourth-order valence-corrected chi connectivity index (χ4v) is 9.64.